The molecule has 3 aromatic rings. The van der Waals surface area contributed by atoms with Crippen molar-refractivity contribution in [3.8, 4) is 5.69 Å². The summed E-state index contributed by atoms with van der Waals surface area (Å²) in [7, 11) is 0. The molecule has 0 saturated heterocycles. The Hall–Kier alpha value is -2.75. The molecule has 22 heavy (non-hydrogen) atoms. The Morgan fingerprint density at radius 1 is 1.32 bits per heavy atom. The predicted octanol–water partition coefficient (Wildman–Crippen LogP) is 3.29. The Morgan fingerprint density at radius 3 is 2.82 bits per heavy atom. The second-order valence-corrected chi connectivity index (χ2v) is 5.18. The van der Waals surface area contributed by atoms with Gasteiger partial charge in [0.05, 0.1) is 16.6 Å². The first kappa shape index (κ1) is 14.2. The number of rotatable bonds is 3. The number of benzene rings is 1. The topological polar surface area (TPSA) is 47.8 Å². The van der Waals surface area contributed by atoms with Crippen LogP contribution in [0.15, 0.2) is 48.0 Å². The van der Waals surface area contributed by atoms with Gasteiger partial charge in [0.2, 0.25) is 0 Å². The van der Waals surface area contributed by atoms with Crippen LogP contribution < -0.4 is 5.56 Å². The third kappa shape index (κ3) is 2.22. The van der Waals surface area contributed by atoms with Crippen molar-refractivity contribution in [1.29, 1.82) is 0 Å². The van der Waals surface area contributed by atoms with Gasteiger partial charge in [-0.15, -0.1) is 0 Å². The van der Waals surface area contributed by atoms with Gasteiger partial charge in [-0.05, 0) is 42.7 Å². The highest BCUT2D eigenvalue weighted by Crippen LogP contribution is 2.18. The lowest BCUT2D eigenvalue weighted by atomic mass is 10.1. The summed E-state index contributed by atoms with van der Waals surface area (Å²) in [5.41, 5.74) is 3.61. The van der Waals surface area contributed by atoms with Gasteiger partial charge in [0.1, 0.15) is 5.82 Å². The van der Waals surface area contributed by atoms with E-state index in [1.165, 1.54) is 5.56 Å². The van der Waals surface area contributed by atoms with E-state index in [-0.39, 0.29) is 5.56 Å². The fraction of sp³-hybridized carbons (Fsp3) is 0.167. The van der Waals surface area contributed by atoms with E-state index in [4.69, 9.17) is 0 Å². The van der Waals surface area contributed by atoms with Gasteiger partial charge in [0, 0.05) is 12.4 Å². The van der Waals surface area contributed by atoms with Crippen molar-refractivity contribution >= 4 is 17.0 Å². The first-order valence-electron chi connectivity index (χ1n) is 7.24. The molecule has 0 saturated carbocycles. The van der Waals surface area contributed by atoms with E-state index < -0.39 is 0 Å². The van der Waals surface area contributed by atoms with E-state index in [0.717, 1.165) is 17.7 Å². The van der Waals surface area contributed by atoms with Crippen molar-refractivity contribution in [2.45, 2.75) is 20.3 Å². The zero-order valence-electron chi connectivity index (χ0n) is 12.7. The Labute approximate surface area is 128 Å². The SMILES string of the molecule is C=Cc1nc2ccncc2c(=O)n1-c1ccc(CC)cc1C. The maximum atomic E-state index is 12.9. The monoisotopic (exact) mass is 291 g/mol. The molecule has 4 heteroatoms. The summed E-state index contributed by atoms with van der Waals surface area (Å²) in [4.78, 5) is 21.4. The number of aryl methyl sites for hydroxylation is 2. The zero-order chi connectivity index (χ0) is 15.7. The quantitative estimate of drug-likeness (QED) is 0.744. The van der Waals surface area contributed by atoms with Crippen LogP contribution in [0.25, 0.3) is 22.7 Å². The highest BCUT2D eigenvalue weighted by atomic mass is 16.1. The molecule has 0 bridgehead atoms. The normalized spacial score (nSPS) is 10.8. The molecule has 2 heterocycles. The molecule has 4 nitrogen and oxygen atoms in total. The number of hydrogen-bond acceptors (Lipinski definition) is 3. The van der Waals surface area contributed by atoms with Gasteiger partial charge in [-0.2, -0.15) is 0 Å². The van der Waals surface area contributed by atoms with Gasteiger partial charge in [0.15, 0.2) is 0 Å². The Balaban J connectivity index is 2.37. The summed E-state index contributed by atoms with van der Waals surface area (Å²) in [6.07, 6.45) is 5.76. The molecule has 0 aliphatic carbocycles. The van der Waals surface area contributed by atoms with Gasteiger partial charge < -0.3 is 0 Å². The van der Waals surface area contributed by atoms with Gasteiger partial charge >= 0.3 is 0 Å². The summed E-state index contributed by atoms with van der Waals surface area (Å²) >= 11 is 0. The van der Waals surface area contributed by atoms with Crippen molar-refractivity contribution in [3.05, 3.63) is 70.5 Å². The van der Waals surface area contributed by atoms with Crippen LogP contribution in [0.3, 0.4) is 0 Å². The minimum absolute atomic E-state index is 0.125. The molecule has 0 N–H and O–H groups in total. The maximum absolute atomic E-state index is 12.9. The molecular weight excluding hydrogens is 274 g/mol. The second kappa shape index (κ2) is 5.56. The van der Waals surface area contributed by atoms with Crippen molar-refractivity contribution in [3.63, 3.8) is 0 Å². The molecule has 0 spiro atoms. The molecule has 0 aliphatic heterocycles. The van der Waals surface area contributed by atoms with Crippen LogP contribution in [0.2, 0.25) is 0 Å². The molecule has 0 fully saturated rings. The number of fused-ring (bicyclic) bond motifs is 1. The first-order valence-corrected chi connectivity index (χ1v) is 7.24. The van der Waals surface area contributed by atoms with Crippen LogP contribution in [0.4, 0.5) is 0 Å². The lowest BCUT2D eigenvalue weighted by Crippen LogP contribution is -2.23. The highest BCUT2D eigenvalue weighted by molar-refractivity contribution is 5.77. The number of aromatic nitrogens is 3. The molecule has 0 aliphatic rings. The van der Waals surface area contributed by atoms with E-state index in [1.54, 1.807) is 29.1 Å². The molecule has 3 rings (SSSR count). The van der Waals surface area contributed by atoms with Crippen LogP contribution in [-0.4, -0.2) is 14.5 Å². The van der Waals surface area contributed by atoms with Crippen LogP contribution >= 0.6 is 0 Å². The average molecular weight is 291 g/mol. The fourth-order valence-electron chi connectivity index (χ4n) is 2.61. The van der Waals surface area contributed by atoms with E-state index in [2.05, 4.69) is 29.5 Å². The van der Waals surface area contributed by atoms with Crippen molar-refractivity contribution < 1.29 is 0 Å². The Bertz CT molecular complexity index is 925. The van der Waals surface area contributed by atoms with Crippen LogP contribution in [0, 0.1) is 6.92 Å². The summed E-state index contributed by atoms with van der Waals surface area (Å²) < 4.78 is 1.60. The Morgan fingerprint density at radius 2 is 2.14 bits per heavy atom. The lowest BCUT2D eigenvalue weighted by Gasteiger charge is -2.14. The Kier molecular flexibility index (Phi) is 3.59. The van der Waals surface area contributed by atoms with Gasteiger partial charge in [-0.3, -0.25) is 14.3 Å². The number of pyridine rings is 1. The molecule has 1 aromatic carbocycles. The van der Waals surface area contributed by atoms with E-state index in [0.29, 0.717) is 16.7 Å². The van der Waals surface area contributed by atoms with Crippen molar-refractivity contribution in [2.75, 3.05) is 0 Å². The summed E-state index contributed by atoms with van der Waals surface area (Å²) in [6, 6.07) is 7.84. The fourth-order valence-corrected chi connectivity index (χ4v) is 2.61. The molecular formula is C18H17N3O. The first-order chi connectivity index (χ1) is 10.7. The van der Waals surface area contributed by atoms with Crippen molar-refractivity contribution in [1.82, 2.24) is 14.5 Å². The van der Waals surface area contributed by atoms with Gasteiger partial charge in [0.25, 0.3) is 5.56 Å². The number of nitrogens with zero attached hydrogens (tertiary/aromatic N) is 3. The van der Waals surface area contributed by atoms with Gasteiger partial charge in [-0.25, -0.2) is 4.98 Å². The highest BCUT2D eigenvalue weighted by Gasteiger charge is 2.12. The molecule has 0 unspecified atom stereocenters. The predicted molar refractivity (Wildman–Crippen MR) is 89.3 cm³/mol. The van der Waals surface area contributed by atoms with Crippen LogP contribution in [-0.2, 0) is 6.42 Å². The van der Waals surface area contributed by atoms with E-state index in [1.807, 2.05) is 19.1 Å². The average Bonchev–Trinajstić information content (AvgIpc) is 2.55. The minimum atomic E-state index is -0.125. The van der Waals surface area contributed by atoms with Gasteiger partial charge in [-0.1, -0.05) is 25.6 Å². The molecule has 0 atom stereocenters. The third-order valence-corrected chi connectivity index (χ3v) is 3.79. The molecule has 0 amide bonds. The van der Waals surface area contributed by atoms with Crippen LogP contribution in [0.5, 0.6) is 0 Å². The number of hydrogen-bond donors (Lipinski definition) is 0. The summed E-state index contributed by atoms with van der Waals surface area (Å²) in [5, 5.41) is 0.507. The smallest absolute Gasteiger partial charge is 0.267 e. The minimum Gasteiger partial charge on any atom is -0.268 e. The largest absolute Gasteiger partial charge is 0.268 e. The van der Waals surface area contributed by atoms with Crippen molar-refractivity contribution in [2.24, 2.45) is 0 Å². The van der Waals surface area contributed by atoms with E-state index >= 15 is 0 Å². The lowest BCUT2D eigenvalue weighted by molar-refractivity contribution is 0.929. The molecule has 110 valence electrons. The standard InChI is InChI=1S/C18H17N3O/c1-4-13-6-7-16(12(3)10-13)21-17(5-2)20-15-8-9-19-11-14(15)18(21)22/h5-11H,2,4H2,1,3H3. The molecule has 0 radical (unpaired) electrons. The maximum Gasteiger partial charge on any atom is 0.267 e. The third-order valence-electron chi connectivity index (χ3n) is 3.79. The van der Waals surface area contributed by atoms with Crippen LogP contribution in [0.1, 0.15) is 23.9 Å². The summed E-state index contributed by atoms with van der Waals surface area (Å²) in [5.74, 6) is 0.538. The summed E-state index contributed by atoms with van der Waals surface area (Å²) in [6.45, 7) is 7.90. The second-order valence-electron chi connectivity index (χ2n) is 5.18. The zero-order valence-corrected chi connectivity index (χ0v) is 12.7. The molecule has 2 aromatic heterocycles. The van der Waals surface area contributed by atoms with E-state index in [9.17, 15) is 4.79 Å².